The first-order chi connectivity index (χ1) is 12.0. The summed E-state index contributed by atoms with van der Waals surface area (Å²) in [7, 11) is 0. The first-order valence-corrected chi connectivity index (χ1v) is 8.77. The maximum Gasteiger partial charge on any atom is 0.338 e. The van der Waals surface area contributed by atoms with Crippen LogP contribution in [0.3, 0.4) is 0 Å². The van der Waals surface area contributed by atoms with E-state index in [2.05, 4.69) is 15.4 Å². The molecule has 0 saturated carbocycles. The number of rotatable bonds is 5. The number of ether oxygens (including phenoxy) is 1. The summed E-state index contributed by atoms with van der Waals surface area (Å²) in [6, 6.07) is 6.86. The fraction of sp³-hybridized carbons (Fsp3) is 0.294. The van der Waals surface area contributed by atoms with Gasteiger partial charge in [0.15, 0.2) is 10.8 Å². The van der Waals surface area contributed by atoms with E-state index in [0.29, 0.717) is 35.1 Å². The Morgan fingerprint density at radius 1 is 1.28 bits per heavy atom. The quantitative estimate of drug-likeness (QED) is 0.708. The molecule has 0 spiro atoms. The fourth-order valence-electron chi connectivity index (χ4n) is 2.42. The van der Waals surface area contributed by atoms with Crippen molar-refractivity contribution in [2.24, 2.45) is 0 Å². The minimum atomic E-state index is -0.371. The zero-order chi connectivity index (χ0) is 18.0. The number of nitrogens with one attached hydrogen (secondary N) is 1. The second-order valence-electron chi connectivity index (χ2n) is 5.36. The number of aromatic nitrogens is 3. The molecule has 0 atom stereocenters. The molecule has 0 aliphatic carbocycles. The molecule has 0 aliphatic heterocycles. The number of nitrogens with zero attached hydrogens (tertiary/aromatic N) is 3. The van der Waals surface area contributed by atoms with Gasteiger partial charge in [0, 0.05) is 12.2 Å². The third-order valence-electron chi connectivity index (χ3n) is 3.63. The Balaban J connectivity index is 1.81. The first kappa shape index (κ1) is 17.1. The molecule has 3 aromatic rings. The molecule has 8 heteroatoms. The highest BCUT2D eigenvalue weighted by Crippen LogP contribution is 2.27. The standard InChI is InChI=1S/C17H18N4O3S/c1-4-21-10(3)8-13(20-21)15(22)19-17-18-12-7-6-11(9-14(12)25-17)16(23)24-5-2/h6-9H,4-5H2,1-3H3,(H,18,19,22). The summed E-state index contributed by atoms with van der Waals surface area (Å²) in [6.45, 7) is 6.66. The van der Waals surface area contributed by atoms with Crippen molar-refractivity contribution in [3.63, 3.8) is 0 Å². The summed E-state index contributed by atoms with van der Waals surface area (Å²) in [4.78, 5) is 28.5. The van der Waals surface area contributed by atoms with Crippen molar-refractivity contribution in [1.82, 2.24) is 14.8 Å². The van der Waals surface area contributed by atoms with Crippen molar-refractivity contribution in [2.45, 2.75) is 27.3 Å². The molecule has 3 rings (SSSR count). The molecule has 1 amide bonds. The van der Waals surface area contributed by atoms with Crippen LogP contribution in [0.15, 0.2) is 24.3 Å². The molecular weight excluding hydrogens is 340 g/mol. The van der Waals surface area contributed by atoms with E-state index < -0.39 is 0 Å². The second-order valence-corrected chi connectivity index (χ2v) is 6.39. The van der Waals surface area contributed by atoms with Gasteiger partial charge >= 0.3 is 5.97 Å². The lowest BCUT2D eigenvalue weighted by molar-refractivity contribution is 0.0526. The monoisotopic (exact) mass is 358 g/mol. The number of benzene rings is 1. The third-order valence-corrected chi connectivity index (χ3v) is 4.57. The van der Waals surface area contributed by atoms with Crippen LogP contribution in [0.25, 0.3) is 10.2 Å². The fourth-order valence-corrected chi connectivity index (χ4v) is 3.32. The molecule has 0 aliphatic rings. The number of amides is 1. The van der Waals surface area contributed by atoms with Crippen LogP contribution in [0, 0.1) is 6.92 Å². The number of thiazole rings is 1. The largest absolute Gasteiger partial charge is 0.462 e. The molecule has 7 nitrogen and oxygen atoms in total. The van der Waals surface area contributed by atoms with E-state index in [1.54, 1.807) is 35.9 Å². The number of anilines is 1. The number of hydrogen-bond donors (Lipinski definition) is 1. The summed E-state index contributed by atoms with van der Waals surface area (Å²) in [5, 5.41) is 7.48. The van der Waals surface area contributed by atoms with Crippen LogP contribution in [0.5, 0.6) is 0 Å². The lowest BCUT2D eigenvalue weighted by atomic mass is 10.2. The van der Waals surface area contributed by atoms with Crippen LogP contribution in [-0.4, -0.2) is 33.2 Å². The zero-order valence-electron chi connectivity index (χ0n) is 14.2. The molecule has 0 saturated heterocycles. The third kappa shape index (κ3) is 3.53. The molecular formula is C17H18N4O3S. The average molecular weight is 358 g/mol. The van der Waals surface area contributed by atoms with E-state index in [-0.39, 0.29) is 11.9 Å². The second kappa shape index (κ2) is 7.02. The molecule has 130 valence electrons. The van der Waals surface area contributed by atoms with Gasteiger partial charge in [-0.25, -0.2) is 9.78 Å². The number of aryl methyl sites for hydroxylation is 2. The average Bonchev–Trinajstić information content (AvgIpc) is 3.16. The SMILES string of the molecule is CCOC(=O)c1ccc2nc(NC(=O)c3cc(C)n(CC)n3)sc2c1. The normalized spacial score (nSPS) is 10.8. The maximum absolute atomic E-state index is 12.3. The van der Waals surface area contributed by atoms with Gasteiger partial charge in [-0.15, -0.1) is 0 Å². The highest BCUT2D eigenvalue weighted by Gasteiger charge is 2.15. The summed E-state index contributed by atoms with van der Waals surface area (Å²) >= 11 is 1.30. The van der Waals surface area contributed by atoms with Gasteiger partial charge in [0.05, 0.1) is 22.4 Å². The lowest BCUT2D eigenvalue weighted by Gasteiger charge is -2.00. The van der Waals surface area contributed by atoms with Gasteiger partial charge in [-0.3, -0.25) is 14.8 Å². The van der Waals surface area contributed by atoms with Crippen LogP contribution in [0.1, 0.15) is 40.4 Å². The van der Waals surface area contributed by atoms with E-state index in [0.717, 1.165) is 10.4 Å². The van der Waals surface area contributed by atoms with Gasteiger partial charge in [0.1, 0.15) is 0 Å². The number of fused-ring (bicyclic) bond motifs is 1. The Bertz CT molecular complexity index is 945. The van der Waals surface area contributed by atoms with E-state index >= 15 is 0 Å². The summed E-state index contributed by atoms with van der Waals surface area (Å²) in [5.41, 5.74) is 2.46. The van der Waals surface area contributed by atoms with E-state index in [4.69, 9.17) is 4.74 Å². The van der Waals surface area contributed by atoms with Crippen LogP contribution < -0.4 is 5.32 Å². The Kier molecular flexibility index (Phi) is 4.80. The molecule has 0 bridgehead atoms. The molecule has 25 heavy (non-hydrogen) atoms. The predicted octanol–water partition coefficient (Wildman–Crippen LogP) is 3.25. The van der Waals surface area contributed by atoms with E-state index in [1.165, 1.54) is 11.3 Å². The molecule has 0 fully saturated rings. The van der Waals surface area contributed by atoms with Crippen LogP contribution in [-0.2, 0) is 11.3 Å². The lowest BCUT2D eigenvalue weighted by Crippen LogP contribution is -2.13. The molecule has 1 aromatic carbocycles. The number of hydrogen-bond acceptors (Lipinski definition) is 6. The molecule has 0 unspecified atom stereocenters. The molecule has 2 aromatic heterocycles. The smallest absolute Gasteiger partial charge is 0.338 e. The minimum Gasteiger partial charge on any atom is -0.462 e. The Hall–Kier alpha value is -2.74. The van der Waals surface area contributed by atoms with Crippen molar-refractivity contribution < 1.29 is 14.3 Å². The Morgan fingerprint density at radius 3 is 2.76 bits per heavy atom. The van der Waals surface area contributed by atoms with Crippen molar-refractivity contribution in [1.29, 1.82) is 0 Å². The van der Waals surface area contributed by atoms with Crippen molar-refractivity contribution in [3.05, 3.63) is 41.2 Å². The Morgan fingerprint density at radius 2 is 2.08 bits per heavy atom. The van der Waals surface area contributed by atoms with Crippen molar-refractivity contribution in [2.75, 3.05) is 11.9 Å². The van der Waals surface area contributed by atoms with Crippen LogP contribution in [0.4, 0.5) is 5.13 Å². The number of carbonyl (C=O) groups excluding carboxylic acids is 2. The topological polar surface area (TPSA) is 86.1 Å². The van der Waals surface area contributed by atoms with Gasteiger partial charge < -0.3 is 4.74 Å². The maximum atomic E-state index is 12.3. The van der Waals surface area contributed by atoms with Crippen molar-refractivity contribution in [3.8, 4) is 0 Å². The number of carbonyl (C=O) groups is 2. The summed E-state index contributed by atoms with van der Waals surface area (Å²) in [5.74, 6) is -0.677. The van der Waals surface area contributed by atoms with Gasteiger partial charge in [-0.1, -0.05) is 11.3 Å². The number of esters is 1. The Labute approximate surface area is 148 Å². The van der Waals surface area contributed by atoms with Crippen LogP contribution >= 0.6 is 11.3 Å². The van der Waals surface area contributed by atoms with E-state index in [9.17, 15) is 9.59 Å². The molecule has 1 N–H and O–H groups in total. The van der Waals surface area contributed by atoms with Crippen molar-refractivity contribution >= 4 is 38.6 Å². The minimum absolute atomic E-state index is 0.306. The molecule has 2 heterocycles. The summed E-state index contributed by atoms with van der Waals surface area (Å²) < 4.78 is 7.56. The van der Waals surface area contributed by atoms with Gasteiger partial charge in [-0.2, -0.15) is 5.10 Å². The predicted molar refractivity (Wildman–Crippen MR) is 96.2 cm³/mol. The van der Waals surface area contributed by atoms with Gasteiger partial charge in [0.2, 0.25) is 0 Å². The first-order valence-electron chi connectivity index (χ1n) is 7.95. The summed E-state index contributed by atoms with van der Waals surface area (Å²) in [6.07, 6.45) is 0. The van der Waals surface area contributed by atoms with Gasteiger partial charge in [-0.05, 0) is 45.0 Å². The highest BCUT2D eigenvalue weighted by atomic mass is 32.1. The van der Waals surface area contributed by atoms with Crippen LogP contribution in [0.2, 0.25) is 0 Å². The molecule has 0 radical (unpaired) electrons. The van der Waals surface area contributed by atoms with Gasteiger partial charge in [0.25, 0.3) is 5.91 Å². The van der Waals surface area contributed by atoms with E-state index in [1.807, 2.05) is 13.8 Å². The highest BCUT2D eigenvalue weighted by molar-refractivity contribution is 7.22. The zero-order valence-corrected chi connectivity index (χ0v) is 15.0.